The van der Waals surface area contributed by atoms with Crippen molar-refractivity contribution in [3.63, 3.8) is 0 Å². The maximum Gasteiger partial charge on any atom is 0.00954 e. The fraction of sp³-hybridized carbons (Fsp3) is 0.684. The van der Waals surface area contributed by atoms with Gasteiger partial charge in [0.1, 0.15) is 0 Å². The van der Waals surface area contributed by atoms with E-state index in [2.05, 4.69) is 36.5 Å². The van der Waals surface area contributed by atoms with E-state index in [4.69, 9.17) is 0 Å². The van der Waals surface area contributed by atoms with Gasteiger partial charge < -0.3 is 5.32 Å². The van der Waals surface area contributed by atoms with E-state index in [1.165, 1.54) is 51.4 Å². The molecule has 0 saturated heterocycles. The largest absolute Gasteiger partial charge is 0.314 e. The van der Waals surface area contributed by atoms with E-state index < -0.39 is 0 Å². The second kappa shape index (κ2) is 6.76. The van der Waals surface area contributed by atoms with Gasteiger partial charge in [-0.2, -0.15) is 0 Å². The van der Waals surface area contributed by atoms with Gasteiger partial charge in [0, 0.05) is 6.04 Å². The van der Waals surface area contributed by atoms with Crippen molar-refractivity contribution in [1.29, 1.82) is 0 Å². The molecule has 1 nitrogen and oxygen atoms in total. The molecule has 3 unspecified atom stereocenters. The molecule has 0 bridgehead atoms. The monoisotopic (exact) mass is 271 g/mol. The zero-order chi connectivity index (χ0) is 13.8. The molecule has 0 heterocycles. The molecule has 1 aromatic carbocycles. The van der Waals surface area contributed by atoms with Crippen LogP contribution >= 0.6 is 0 Å². The van der Waals surface area contributed by atoms with Crippen molar-refractivity contribution < 1.29 is 0 Å². The van der Waals surface area contributed by atoms with Gasteiger partial charge in [-0.1, -0.05) is 44.0 Å². The molecule has 2 aliphatic carbocycles. The number of rotatable bonds is 4. The summed E-state index contributed by atoms with van der Waals surface area (Å²) in [6, 6.07) is 9.97. The number of benzene rings is 1. The third kappa shape index (κ3) is 3.09. The number of fused-ring (bicyclic) bond motifs is 1. The van der Waals surface area contributed by atoms with Crippen molar-refractivity contribution in [2.24, 2.45) is 5.92 Å². The summed E-state index contributed by atoms with van der Waals surface area (Å²) in [7, 11) is 0. The van der Waals surface area contributed by atoms with E-state index in [9.17, 15) is 0 Å². The first-order valence-electron chi connectivity index (χ1n) is 8.69. The Morgan fingerprint density at radius 2 is 1.90 bits per heavy atom. The van der Waals surface area contributed by atoms with E-state index in [1.54, 1.807) is 11.1 Å². The van der Waals surface area contributed by atoms with Crippen molar-refractivity contribution in [2.45, 2.75) is 70.3 Å². The first-order valence-corrected chi connectivity index (χ1v) is 8.69. The molecule has 2 aliphatic rings. The Labute approximate surface area is 124 Å². The second-order valence-electron chi connectivity index (χ2n) is 6.73. The molecule has 110 valence electrons. The highest BCUT2D eigenvalue weighted by molar-refractivity contribution is 5.32. The standard InChI is InChI=1S/C19H29N/c1-2-20-19-13-6-4-9-17(19)14-16-11-7-10-15-8-3-5-12-18(15)16/h3,5,8,12,16-17,19-20H,2,4,6-7,9-11,13-14H2,1H3. The summed E-state index contributed by atoms with van der Waals surface area (Å²) in [5.41, 5.74) is 3.29. The zero-order valence-corrected chi connectivity index (χ0v) is 12.9. The number of nitrogens with one attached hydrogen (secondary N) is 1. The normalized spacial score (nSPS) is 29.9. The lowest BCUT2D eigenvalue weighted by Crippen LogP contribution is -2.39. The van der Waals surface area contributed by atoms with Crippen LogP contribution in [-0.2, 0) is 6.42 Å². The Bertz CT molecular complexity index is 424. The smallest absolute Gasteiger partial charge is 0.00954 e. The van der Waals surface area contributed by atoms with Gasteiger partial charge in [0.05, 0.1) is 0 Å². The van der Waals surface area contributed by atoms with Crippen LogP contribution in [0.25, 0.3) is 0 Å². The number of hydrogen-bond donors (Lipinski definition) is 1. The number of hydrogen-bond acceptors (Lipinski definition) is 1. The lowest BCUT2D eigenvalue weighted by atomic mass is 9.73. The predicted molar refractivity (Wildman–Crippen MR) is 86.2 cm³/mol. The average Bonchev–Trinajstić information content (AvgIpc) is 2.50. The van der Waals surface area contributed by atoms with Crippen molar-refractivity contribution in [3.8, 4) is 0 Å². The van der Waals surface area contributed by atoms with Crippen molar-refractivity contribution >= 4 is 0 Å². The third-order valence-electron chi connectivity index (χ3n) is 5.46. The molecule has 3 rings (SSSR count). The van der Waals surface area contributed by atoms with E-state index in [0.717, 1.165) is 24.4 Å². The molecular formula is C19H29N. The van der Waals surface area contributed by atoms with Crippen LogP contribution in [0.3, 0.4) is 0 Å². The third-order valence-corrected chi connectivity index (χ3v) is 5.46. The quantitative estimate of drug-likeness (QED) is 0.839. The van der Waals surface area contributed by atoms with Gasteiger partial charge in [-0.25, -0.2) is 0 Å². The zero-order valence-electron chi connectivity index (χ0n) is 12.9. The lowest BCUT2D eigenvalue weighted by Gasteiger charge is -2.36. The van der Waals surface area contributed by atoms with Crippen molar-refractivity contribution in [1.82, 2.24) is 5.32 Å². The minimum atomic E-state index is 0.780. The first-order chi connectivity index (χ1) is 9.88. The van der Waals surface area contributed by atoms with E-state index >= 15 is 0 Å². The topological polar surface area (TPSA) is 12.0 Å². The van der Waals surface area contributed by atoms with Gasteiger partial charge in [0.25, 0.3) is 0 Å². The Morgan fingerprint density at radius 3 is 2.80 bits per heavy atom. The highest BCUT2D eigenvalue weighted by Crippen LogP contribution is 2.39. The molecule has 20 heavy (non-hydrogen) atoms. The summed E-state index contributed by atoms with van der Waals surface area (Å²) < 4.78 is 0. The van der Waals surface area contributed by atoms with Gasteiger partial charge in [-0.3, -0.25) is 0 Å². The second-order valence-corrected chi connectivity index (χ2v) is 6.73. The minimum absolute atomic E-state index is 0.780. The minimum Gasteiger partial charge on any atom is -0.314 e. The van der Waals surface area contributed by atoms with E-state index in [1.807, 2.05) is 0 Å². The molecule has 0 spiro atoms. The maximum absolute atomic E-state index is 3.75. The summed E-state index contributed by atoms with van der Waals surface area (Å²) in [5, 5.41) is 3.75. The Morgan fingerprint density at radius 1 is 1.05 bits per heavy atom. The highest BCUT2D eigenvalue weighted by Gasteiger charge is 2.29. The average molecular weight is 271 g/mol. The van der Waals surface area contributed by atoms with Crippen molar-refractivity contribution in [3.05, 3.63) is 35.4 Å². The van der Waals surface area contributed by atoms with Crippen LogP contribution in [-0.4, -0.2) is 12.6 Å². The molecule has 3 atom stereocenters. The molecule has 1 saturated carbocycles. The van der Waals surface area contributed by atoms with Gasteiger partial charge in [0.15, 0.2) is 0 Å². The number of aryl methyl sites for hydroxylation is 1. The van der Waals surface area contributed by atoms with Gasteiger partial charge in [0.2, 0.25) is 0 Å². The van der Waals surface area contributed by atoms with Crippen LogP contribution < -0.4 is 5.32 Å². The summed E-state index contributed by atoms with van der Waals surface area (Å²) >= 11 is 0. The molecule has 0 aromatic heterocycles. The summed E-state index contributed by atoms with van der Waals surface area (Å²) in [6.45, 7) is 3.38. The Balaban J connectivity index is 1.71. The van der Waals surface area contributed by atoms with Crippen molar-refractivity contribution in [2.75, 3.05) is 6.54 Å². The van der Waals surface area contributed by atoms with Crippen LogP contribution in [0, 0.1) is 5.92 Å². The highest BCUT2D eigenvalue weighted by atomic mass is 14.9. The van der Waals surface area contributed by atoms with Gasteiger partial charge in [-0.05, 0) is 68.0 Å². The summed E-state index contributed by atoms with van der Waals surface area (Å²) in [4.78, 5) is 0. The van der Waals surface area contributed by atoms with Crippen LogP contribution in [0.2, 0.25) is 0 Å². The van der Waals surface area contributed by atoms with Crippen LogP contribution in [0.5, 0.6) is 0 Å². The molecular weight excluding hydrogens is 242 g/mol. The Kier molecular flexibility index (Phi) is 4.77. The SMILES string of the molecule is CCNC1CCCCC1CC1CCCc2ccccc21. The van der Waals surface area contributed by atoms with Gasteiger partial charge in [-0.15, -0.1) is 0 Å². The van der Waals surface area contributed by atoms with E-state index in [-0.39, 0.29) is 0 Å². The first kappa shape index (κ1) is 14.1. The molecule has 0 aliphatic heterocycles. The van der Waals surface area contributed by atoms with Gasteiger partial charge >= 0.3 is 0 Å². The molecule has 1 aromatic rings. The van der Waals surface area contributed by atoms with Crippen LogP contribution in [0.1, 0.15) is 68.9 Å². The Hall–Kier alpha value is -0.820. The molecule has 1 fully saturated rings. The molecule has 1 N–H and O–H groups in total. The molecule has 0 amide bonds. The van der Waals surface area contributed by atoms with E-state index in [0.29, 0.717) is 0 Å². The molecule has 0 radical (unpaired) electrons. The fourth-order valence-corrected chi connectivity index (χ4v) is 4.49. The van der Waals surface area contributed by atoms with Crippen LogP contribution in [0.4, 0.5) is 0 Å². The van der Waals surface area contributed by atoms with Crippen LogP contribution in [0.15, 0.2) is 24.3 Å². The summed E-state index contributed by atoms with van der Waals surface area (Å²) in [5.74, 6) is 1.73. The fourth-order valence-electron chi connectivity index (χ4n) is 4.49. The predicted octanol–water partition coefficient (Wildman–Crippen LogP) is 4.66. The molecule has 1 heteroatoms. The lowest BCUT2D eigenvalue weighted by molar-refractivity contribution is 0.234. The summed E-state index contributed by atoms with van der Waals surface area (Å²) in [6.07, 6.45) is 11.2. The maximum atomic E-state index is 3.75.